The van der Waals surface area contributed by atoms with E-state index in [1.807, 2.05) is 0 Å². The molecule has 1 N–H and O–H groups in total. The van der Waals surface area contributed by atoms with Crippen molar-refractivity contribution in [1.29, 1.82) is 0 Å². The van der Waals surface area contributed by atoms with E-state index in [9.17, 15) is 4.79 Å². The minimum Gasteiger partial charge on any atom is -0.480 e. The van der Waals surface area contributed by atoms with Gasteiger partial charge in [0, 0.05) is 35.9 Å². The number of hydroxylamine groups is 1. The molecule has 0 aliphatic rings. The lowest BCUT2D eigenvalue weighted by atomic mass is 10.0. The van der Waals surface area contributed by atoms with Gasteiger partial charge >= 0.3 is 0 Å². The molecule has 9 heteroatoms. The van der Waals surface area contributed by atoms with Crippen LogP contribution in [0.15, 0.2) is 43.4 Å². The van der Waals surface area contributed by atoms with E-state index in [-0.39, 0.29) is 11.4 Å². The molecule has 0 atom stereocenters. The van der Waals surface area contributed by atoms with Crippen LogP contribution < -0.4 is 10.2 Å². The van der Waals surface area contributed by atoms with Gasteiger partial charge in [-0.1, -0.05) is 0 Å². The molecule has 9 nitrogen and oxygen atoms in total. The van der Waals surface area contributed by atoms with Crippen LogP contribution in [-0.2, 0) is 4.84 Å². The summed E-state index contributed by atoms with van der Waals surface area (Å²) < 4.78 is 6.84. The number of aromatic nitrogens is 5. The van der Waals surface area contributed by atoms with Gasteiger partial charge in [-0.05, 0) is 6.07 Å². The van der Waals surface area contributed by atoms with Gasteiger partial charge in [-0.25, -0.2) is 25.1 Å². The number of pyridine rings is 1. The second-order valence-electron chi connectivity index (χ2n) is 4.62. The number of nitrogens with one attached hydrogen (secondary N) is 1. The molecule has 0 bridgehead atoms. The molecule has 3 heterocycles. The van der Waals surface area contributed by atoms with E-state index in [2.05, 4.69) is 25.5 Å². The number of nitrogens with zero attached hydrogens (tertiary/aromatic N) is 5. The zero-order valence-electron chi connectivity index (χ0n) is 13.0. The largest absolute Gasteiger partial charge is 0.480 e. The second kappa shape index (κ2) is 6.84. The quantitative estimate of drug-likeness (QED) is 0.698. The molecule has 3 rings (SSSR count). The summed E-state index contributed by atoms with van der Waals surface area (Å²) in [6, 6.07) is 1.77. The summed E-state index contributed by atoms with van der Waals surface area (Å²) in [5.74, 6) is -0.353. The lowest BCUT2D eigenvalue weighted by Gasteiger charge is -2.16. The summed E-state index contributed by atoms with van der Waals surface area (Å²) in [5, 5.41) is 4.21. The average Bonchev–Trinajstić information content (AvgIpc) is 3.16. The summed E-state index contributed by atoms with van der Waals surface area (Å²) in [7, 11) is 2.78. The van der Waals surface area contributed by atoms with Crippen LogP contribution >= 0.6 is 0 Å². The van der Waals surface area contributed by atoms with Crippen molar-refractivity contribution in [3.63, 3.8) is 0 Å². The van der Waals surface area contributed by atoms with Crippen LogP contribution in [0.25, 0.3) is 16.8 Å². The van der Waals surface area contributed by atoms with Crippen molar-refractivity contribution < 1.29 is 14.4 Å². The third kappa shape index (κ3) is 2.79. The Hall–Kier alpha value is -3.33. The van der Waals surface area contributed by atoms with Crippen molar-refractivity contribution in [2.24, 2.45) is 0 Å². The maximum absolute atomic E-state index is 12.5. The molecule has 0 saturated heterocycles. The van der Waals surface area contributed by atoms with Crippen LogP contribution in [0, 0.1) is 0 Å². The number of carbonyl (C=O) groups excluding carboxylic acids is 1. The molecule has 0 saturated carbocycles. The molecule has 0 unspecified atom stereocenters. The summed E-state index contributed by atoms with van der Waals surface area (Å²) >= 11 is 0. The number of methoxy groups -OCH3 is 1. The van der Waals surface area contributed by atoms with Gasteiger partial charge < -0.3 is 4.74 Å². The van der Waals surface area contributed by atoms with Gasteiger partial charge in [-0.3, -0.25) is 9.63 Å². The Morgan fingerprint density at radius 3 is 2.62 bits per heavy atom. The highest BCUT2D eigenvalue weighted by Gasteiger charge is 2.24. The smallest absolute Gasteiger partial charge is 0.281 e. The van der Waals surface area contributed by atoms with Crippen molar-refractivity contribution in [3.8, 4) is 22.7 Å². The fourth-order valence-electron chi connectivity index (χ4n) is 2.30. The molecule has 0 aliphatic heterocycles. The molecule has 0 fully saturated rings. The lowest BCUT2D eigenvalue weighted by molar-refractivity contribution is 0.0535. The van der Waals surface area contributed by atoms with Crippen LogP contribution in [0.1, 0.15) is 10.4 Å². The SMILES string of the molecule is CONC(=O)c1c(OC)ncc(-n2cccn2)c1-c1cncnc1. The van der Waals surface area contributed by atoms with Crippen LogP contribution in [0.5, 0.6) is 5.88 Å². The molecule has 0 radical (unpaired) electrons. The first-order valence-corrected chi connectivity index (χ1v) is 6.92. The highest BCUT2D eigenvalue weighted by atomic mass is 16.6. The van der Waals surface area contributed by atoms with Gasteiger partial charge in [-0.15, -0.1) is 0 Å². The zero-order valence-corrected chi connectivity index (χ0v) is 13.0. The van der Waals surface area contributed by atoms with E-state index in [4.69, 9.17) is 9.57 Å². The maximum atomic E-state index is 12.5. The maximum Gasteiger partial charge on any atom is 0.281 e. The van der Waals surface area contributed by atoms with Gasteiger partial charge in [0.25, 0.3) is 5.91 Å². The van der Waals surface area contributed by atoms with E-state index < -0.39 is 5.91 Å². The summed E-state index contributed by atoms with van der Waals surface area (Å²) in [6.45, 7) is 0. The highest BCUT2D eigenvalue weighted by molar-refractivity contribution is 6.04. The topological polar surface area (TPSA) is 104 Å². The third-order valence-corrected chi connectivity index (χ3v) is 3.24. The predicted molar refractivity (Wildman–Crippen MR) is 83.4 cm³/mol. The highest BCUT2D eigenvalue weighted by Crippen LogP contribution is 2.33. The Balaban J connectivity index is 2.32. The fourth-order valence-corrected chi connectivity index (χ4v) is 2.30. The fraction of sp³-hybridized carbons (Fsp3) is 0.133. The third-order valence-electron chi connectivity index (χ3n) is 3.24. The Kier molecular flexibility index (Phi) is 4.43. The number of ether oxygens (including phenoxy) is 1. The minimum atomic E-state index is -0.505. The molecule has 3 aromatic heterocycles. The molecular weight excluding hydrogens is 312 g/mol. The van der Waals surface area contributed by atoms with E-state index >= 15 is 0 Å². The van der Waals surface area contributed by atoms with E-state index in [0.717, 1.165) is 0 Å². The van der Waals surface area contributed by atoms with Crippen LogP contribution in [0.4, 0.5) is 0 Å². The molecule has 0 aromatic carbocycles. The summed E-state index contributed by atoms with van der Waals surface area (Å²) in [6.07, 6.45) is 9.54. The first-order valence-electron chi connectivity index (χ1n) is 6.92. The standard InChI is InChI=1S/C15H14N6O3/c1-23-15-13(14(22)20-24-2)12(10-6-16-9-17-7-10)11(8-18-15)21-5-3-4-19-21/h3-9H,1-2H3,(H,20,22). The zero-order chi connectivity index (χ0) is 16.9. The number of rotatable bonds is 5. The van der Waals surface area contributed by atoms with E-state index in [0.29, 0.717) is 16.8 Å². The first-order chi connectivity index (χ1) is 11.8. The Morgan fingerprint density at radius 1 is 1.21 bits per heavy atom. The number of amides is 1. The van der Waals surface area contributed by atoms with Crippen molar-refractivity contribution >= 4 is 5.91 Å². The molecule has 24 heavy (non-hydrogen) atoms. The summed E-state index contributed by atoms with van der Waals surface area (Å²) in [5.41, 5.74) is 4.21. The monoisotopic (exact) mass is 326 g/mol. The van der Waals surface area contributed by atoms with Crippen molar-refractivity contribution in [2.75, 3.05) is 14.2 Å². The predicted octanol–water partition coefficient (Wildman–Crippen LogP) is 1.02. The number of hydrogen-bond donors (Lipinski definition) is 1. The van der Waals surface area contributed by atoms with Crippen molar-refractivity contribution in [2.45, 2.75) is 0 Å². The van der Waals surface area contributed by atoms with Gasteiger partial charge in [-0.2, -0.15) is 5.10 Å². The molecule has 3 aromatic rings. The molecular formula is C15H14N6O3. The first kappa shape index (κ1) is 15.6. The average molecular weight is 326 g/mol. The van der Waals surface area contributed by atoms with Crippen LogP contribution in [0.2, 0.25) is 0 Å². The van der Waals surface area contributed by atoms with Gasteiger partial charge in [0.05, 0.1) is 26.1 Å². The van der Waals surface area contributed by atoms with Crippen molar-refractivity contribution in [1.82, 2.24) is 30.2 Å². The van der Waals surface area contributed by atoms with Gasteiger partial charge in [0.2, 0.25) is 5.88 Å². The van der Waals surface area contributed by atoms with E-state index in [1.165, 1.54) is 20.5 Å². The van der Waals surface area contributed by atoms with Gasteiger partial charge in [0.1, 0.15) is 11.9 Å². The van der Waals surface area contributed by atoms with E-state index in [1.54, 1.807) is 41.7 Å². The molecule has 1 amide bonds. The Bertz CT molecular complexity index is 836. The van der Waals surface area contributed by atoms with Crippen LogP contribution in [-0.4, -0.2) is 44.9 Å². The number of hydrogen-bond acceptors (Lipinski definition) is 7. The summed E-state index contributed by atoms with van der Waals surface area (Å²) in [4.78, 5) is 29.5. The number of carbonyl (C=O) groups is 1. The second-order valence-corrected chi connectivity index (χ2v) is 4.62. The molecule has 0 spiro atoms. The van der Waals surface area contributed by atoms with Crippen molar-refractivity contribution in [3.05, 3.63) is 48.9 Å². The Labute approximate surface area is 137 Å². The minimum absolute atomic E-state index is 0.152. The molecule has 0 aliphatic carbocycles. The van der Waals surface area contributed by atoms with Gasteiger partial charge in [0.15, 0.2) is 0 Å². The Morgan fingerprint density at radius 2 is 2.00 bits per heavy atom. The molecule has 122 valence electrons. The lowest BCUT2D eigenvalue weighted by Crippen LogP contribution is -2.24. The van der Waals surface area contributed by atoms with Crippen LogP contribution in [0.3, 0.4) is 0 Å². The normalized spacial score (nSPS) is 10.4.